The lowest BCUT2D eigenvalue weighted by molar-refractivity contribution is 0.353. The number of anilines is 3. The molecule has 2 aromatic carbocycles. The average Bonchev–Trinajstić information content (AvgIpc) is 3.13. The number of methoxy groups -OCH3 is 2. The maximum atomic E-state index is 5.48. The van der Waals surface area contributed by atoms with Gasteiger partial charge >= 0.3 is 0 Å². The van der Waals surface area contributed by atoms with Crippen LogP contribution >= 0.6 is 23.1 Å². The Morgan fingerprint density at radius 2 is 1.90 bits per heavy atom. The van der Waals surface area contributed by atoms with Crippen molar-refractivity contribution in [3.8, 4) is 11.5 Å². The van der Waals surface area contributed by atoms with Crippen LogP contribution in [0.25, 0.3) is 10.2 Å². The van der Waals surface area contributed by atoms with E-state index in [1.54, 1.807) is 37.3 Å². The van der Waals surface area contributed by atoms with Gasteiger partial charge in [-0.25, -0.2) is 15.0 Å². The molecule has 3 heterocycles. The fourth-order valence-corrected chi connectivity index (χ4v) is 5.16. The van der Waals surface area contributed by atoms with Gasteiger partial charge in [-0.1, -0.05) is 11.8 Å². The maximum absolute atomic E-state index is 5.48. The van der Waals surface area contributed by atoms with E-state index >= 15 is 0 Å². The first-order valence-corrected chi connectivity index (χ1v) is 11.0. The van der Waals surface area contributed by atoms with Crippen LogP contribution in [-0.4, -0.2) is 29.2 Å². The zero-order valence-electron chi connectivity index (χ0n) is 16.6. The average molecular weight is 438 g/mol. The molecule has 4 aromatic rings. The molecule has 0 radical (unpaired) electrons. The molecule has 0 saturated carbocycles. The SMILES string of the molecule is COc1cc2c(cc1OC)Sc1nc(C)nc(Nc3ccc4ncsc4c3)c1NC2. The second kappa shape index (κ2) is 7.66. The van der Waals surface area contributed by atoms with E-state index in [1.165, 1.54) is 0 Å². The van der Waals surface area contributed by atoms with Gasteiger partial charge in [0.05, 0.1) is 29.9 Å². The Balaban J connectivity index is 1.53. The van der Waals surface area contributed by atoms with Gasteiger partial charge in [-0.05, 0) is 42.8 Å². The molecular weight excluding hydrogens is 418 g/mol. The second-order valence-corrected chi connectivity index (χ2v) is 8.65. The molecule has 9 heteroatoms. The Bertz CT molecular complexity index is 1260. The van der Waals surface area contributed by atoms with Crippen molar-refractivity contribution in [3.05, 3.63) is 47.2 Å². The molecule has 0 saturated heterocycles. The lowest BCUT2D eigenvalue weighted by atomic mass is 10.2. The van der Waals surface area contributed by atoms with Crippen LogP contribution in [0.15, 0.2) is 45.8 Å². The van der Waals surface area contributed by atoms with Gasteiger partial charge < -0.3 is 20.1 Å². The smallest absolute Gasteiger partial charge is 0.161 e. The van der Waals surface area contributed by atoms with Gasteiger partial charge in [0.25, 0.3) is 0 Å². The van der Waals surface area contributed by atoms with Gasteiger partial charge in [0.1, 0.15) is 16.5 Å². The molecule has 0 atom stereocenters. The van der Waals surface area contributed by atoms with Gasteiger partial charge in [-0.3, -0.25) is 0 Å². The lowest BCUT2D eigenvalue weighted by Crippen LogP contribution is -2.06. The van der Waals surface area contributed by atoms with Crippen LogP contribution in [0, 0.1) is 6.92 Å². The van der Waals surface area contributed by atoms with E-state index in [4.69, 9.17) is 9.47 Å². The molecule has 1 aliphatic rings. The van der Waals surface area contributed by atoms with Gasteiger partial charge in [0, 0.05) is 17.1 Å². The van der Waals surface area contributed by atoms with Crippen molar-refractivity contribution in [2.24, 2.45) is 0 Å². The minimum Gasteiger partial charge on any atom is -0.493 e. The molecule has 5 rings (SSSR count). The number of ether oxygens (including phenoxy) is 2. The predicted molar refractivity (Wildman–Crippen MR) is 121 cm³/mol. The molecule has 0 amide bonds. The van der Waals surface area contributed by atoms with Crippen molar-refractivity contribution in [1.82, 2.24) is 15.0 Å². The number of benzene rings is 2. The van der Waals surface area contributed by atoms with E-state index in [9.17, 15) is 0 Å². The van der Waals surface area contributed by atoms with Crippen molar-refractivity contribution in [2.45, 2.75) is 23.4 Å². The summed E-state index contributed by atoms with van der Waals surface area (Å²) in [6, 6.07) is 10.1. The summed E-state index contributed by atoms with van der Waals surface area (Å²) in [6.45, 7) is 2.53. The Morgan fingerprint density at radius 3 is 2.73 bits per heavy atom. The van der Waals surface area contributed by atoms with Gasteiger partial charge in [-0.2, -0.15) is 0 Å². The number of nitrogens with zero attached hydrogens (tertiary/aromatic N) is 3. The molecule has 0 fully saturated rings. The summed E-state index contributed by atoms with van der Waals surface area (Å²) in [5.41, 5.74) is 5.81. The zero-order valence-corrected chi connectivity index (χ0v) is 18.3. The number of aryl methyl sites for hydroxylation is 1. The minimum atomic E-state index is 0.630. The molecule has 7 nitrogen and oxygen atoms in total. The van der Waals surface area contributed by atoms with Crippen LogP contribution in [0.4, 0.5) is 17.2 Å². The monoisotopic (exact) mass is 437 g/mol. The van der Waals surface area contributed by atoms with E-state index in [1.807, 2.05) is 36.7 Å². The van der Waals surface area contributed by atoms with E-state index in [2.05, 4.69) is 31.7 Å². The van der Waals surface area contributed by atoms with Crippen LogP contribution in [-0.2, 0) is 6.54 Å². The molecule has 0 spiro atoms. The highest BCUT2D eigenvalue weighted by molar-refractivity contribution is 7.99. The lowest BCUT2D eigenvalue weighted by Gasteiger charge is -2.14. The van der Waals surface area contributed by atoms with Crippen LogP contribution in [0.2, 0.25) is 0 Å². The number of hydrogen-bond acceptors (Lipinski definition) is 9. The van der Waals surface area contributed by atoms with Crippen molar-refractivity contribution in [3.63, 3.8) is 0 Å². The molecule has 30 heavy (non-hydrogen) atoms. The van der Waals surface area contributed by atoms with Gasteiger partial charge in [0.15, 0.2) is 17.3 Å². The summed E-state index contributed by atoms with van der Waals surface area (Å²) >= 11 is 3.22. The van der Waals surface area contributed by atoms with Gasteiger partial charge in [-0.15, -0.1) is 11.3 Å². The highest BCUT2D eigenvalue weighted by Crippen LogP contribution is 2.44. The summed E-state index contributed by atoms with van der Waals surface area (Å²) in [5.74, 6) is 2.87. The number of hydrogen-bond donors (Lipinski definition) is 2. The Hall–Kier alpha value is -3.04. The molecular formula is C21H19N5O2S2. The third kappa shape index (κ3) is 3.40. The predicted octanol–water partition coefficient (Wildman–Crippen LogP) is 5.23. The Labute approximate surface area is 181 Å². The van der Waals surface area contributed by atoms with Crippen molar-refractivity contribution in [2.75, 3.05) is 24.9 Å². The van der Waals surface area contributed by atoms with Crippen LogP contribution in [0.3, 0.4) is 0 Å². The van der Waals surface area contributed by atoms with E-state index < -0.39 is 0 Å². The van der Waals surface area contributed by atoms with E-state index in [-0.39, 0.29) is 0 Å². The molecule has 2 N–H and O–H groups in total. The molecule has 0 aliphatic carbocycles. The Morgan fingerprint density at radius 1 is 1.07 bits per heavy atom. The molecule has 1 aliphatic heterocycles. The number of thiazole rings is 1. The molecule has 152 valence electrons. The number of aromatic nitrogens is 3. The third-order valence-electron chi connectivity index (χ3n) is 4.81. The summed E-state index contributed by atoms with van der Waals surface area (Å²) in [7, 11) is 3.29. The number of fused-ring (bicyclic) bond motifs is 3. The quantitative estimate of drug-likeness (QED) is 0.420. The van der Waals surface area contributed by atoms with Crippen molar-refractivity contribution < 1.29 is 9.47 Å². The first-order valence-electron chi connectivity index (χ1n) is 9.30. The van der Waals surface area contributed by atoms with Crippen LogP contribution in [0.5, 0.6) is 11.5 Å². The molecule has 0 unspecified atom stereocenters. The first-order chi connectivity index (χ1) is 14.6. The minimum absolute atomic E-state index is 0.630. The maximum Gasteiger partial charge on any atom is 0.161 e. The normalized spacial score (nSPS) is 12.5. The largest absolute Gasteiger partial charge is 0.493 e. The topological polar surface area (TPSA) is 81.2 Å². The van der Waals surface area contributed by atoms with Crippen molar-refractivity contribution >= 4 is 50.5 Å². The van der Waals surface area contributed by atoms with Crippen LogP contribution in [0.1, 0.15) is 11.4 Å². The fraction of sp³-hybridized carbons (Fsp3) is 0.190. The molecule has 2 aromatic heterocycles. The summed E-state index contributed by atoms with van der Waals surface area (Å²) < 4.78 is 12.1. The van der Waals surface area contributed by atoms with Gasteiger partial charge in [0.2, 0.25) is 0 Å². The number of nitrogens with one attached hydrogen (secondary N) is 2. The summed E-state index contributed by atoms with van der Waals surface area (Å²) in [6.07, 6.45) is 0. The Kier molecular flexibility index (Phi) is 4.84. The highest BCUT2D eigenvalue weighted by Gasteiger charge is 2.22. The van der Waals surface area contributed by atoms with E-state index in [0.717, 1.165) is 42.9 Å². The standard InChI is InChI=1S/C21H19N5O2S2/c1-11-24-20(26-13-4-5-14-18(7-13)29-10-23-14)19-21(25-11)30-17-8-16(28-3)15(27-2)6-12(17)9-22-19/h4-8,10,22H,9H2,1-3H3,(H,24,25,26). The summed E-state index contributed by atoms with van der Waals surface area (Å²) in [5, 5.41) is 7.83. The summed E-state index contributed by atoms with van der Waals surface area (Å²) in [4.78, 5) is 14.8. The second-order valence-electron chi connectivity index (χ2n) is 6.73. The van der Waals surface area contributed by atoms with E-state index in [0.29, 0.717) is 23.9 Å². The molecule has 0 bridgehead atoms. The first kappa shape index (κ1) is 19.0. The van der Waals surface area contributed by atoms with Crippen molar-refractivity contribution in [1.29, 1.82) is 0 Å². The zero-order chi connectivity index (χ0) is 20.7. The fourth-order valence-electron chi connectivity index (χ4n) is 3.36. The van der Waals surface area contributed by atoms with Crippen LogP contribution < -0.4 is 20.1 Å². The number of rotatable bonds is 4. The third-order valence-corrected chi connectivity index (χ3v) is 6.69. The highest BCUT2D eigenvalue weighted by atomic mass is 32.2.